The lowest BCUT2D eigenvalue weighted by molar-refractivity contribution is -0.138. The Kier molecular flexibility index (Phi) is 6.91. The standard InChI is InChI=1S/C19H24Cl2N2O2/c1-19(2,17(24)22-11-10-13-6-4-3-5-7-13)18(25)23-16-12-14(20)8-9-15(16)21/h6,8-9,12H,3-5,7,10-11H2,1-2H3,(H,22,24)(H,23,25). The van der Waals surface area contributed by atoms with Crippen molar-refractivity contribution in [2.75, 3.05) is 11.9 Å². The summed E-state index contributed by atoms with van der Waals surface area (Å²) in [5.74, 6) is -0.731. The second kappa shape index (κ2) is 8.72. The van der Waals surface area contributed by atoms with Gasteiger partial charge in [0.05, 0.1) is 10.7 Å². The van der Waals surface area contributed by atoms with E-state index in [-0.39, 0.29) is 5.91 Å². The predicted octanol–water partition coefficient (Wildman–Crippen LogP) is 4.96. The molecule has 6 heteroatoms. The molecule has 2 rings (SSSR count). The third-order valence-electron chi connectivity index (χ3n) is 4.43. The van der Waals surface area contributed by atoms with Crippen LogP contribution in [0.5, 0.6) is 0 Å². The Balaban J connectivity index is 1.91. The van der Waals surface area contributed by atoms with E-state index in [1.54, 1.807) is 32.0 Å². The topological polar surface area (TPSA) is 58.2 Å². The summed E-state index contributed by atoms with van der Waals surface area (Å²) in [7, 11) is 0. The van der Waals surface area contributed by atoms with Crippen LogP contribution < -0.4 is 10.6 Å². The minimum absolute atomic E-state index is 0.306. The summed E-state index contributed by atoms with van der Waals surface area (Å²) in [6.07, 6.45) is 7.78. The number of carbonyl (C=O) groups excluding carboxylic acids is 2. The summed E-state index contributed by atoms with van der Waals surface area (Å²) in [6, 6.07) is 4.80. The highest BCUT2D eigenvalue weighted by molar-refractivity contribution is 6.35. The molecule has 0 radical (unpaired) electrons. The molecular formula is C19H24Cl2N2O2. The summed E-state index contributed by atoms with van der Waals surface area (Å²) in [6.45, 7) is 3.73. The van der Waals surface area contributed by atoms with Crippen LogP contribution in [0.15, 0.2) is 29.8 Å². The van der Waals surface area contributed by atoms with Crippen LogP contribution in [0.4, 0.5) is 5.69 Å². The molecule has 25 heavy (non-hydrogen) atoms. The number of anilines is 1. The van der Waals surface area contributed by atoms with E-state index >= 15 is 0 Å². The van der Waals surface area contributed by atoms with Gasteiger partial charge in [-0.25, -0.2) is 0 Å². The Hall–Kier alpha value is -1.52. The quantitative estimate of drug-likeness (QED) is 0.539. The maximum atomic E-state index is 12.5. The largest absolute Gasteiger partial charge is 0.355 e. The van der Waals surface area contributed by atoms with Crippen molar-refractivity contribution in [2.24, 2.45) is 5.41 Å². The molecule has 0 saturated carbocycles. The smallest absolute Gasteiger partial charge is 0.239 e. The number of benzene rings is 1. The minimum Gasteiger partial charge on any atom is -0.355 e. The Morgan fingerprint density at radius 1 is 1.16 bits per heavy atom. The van der Waals surface area contributed by atoms with Gasteiger partial charge in [-0.3, -0.25) is 9.59 Å². The van der Waals surface area contributed by atoms with Crippen LogP contribution in [0.2, 0.25) is 10.0 Å². The fraction of sp³-hybridized carbons (Fsp3) is 0.474. The Morgan fingerprint density at radius 2 is 1.92 bits per heavy atom. The predicted molar refractivity (Wildman–Crippen MR) is 103 cm³/mol. The van der Waals surface area contributed by atoms with E-state index in [1.165, 1.54) is 18.4 Å². The highest BCUT2D eigenvalue weighted by Crippen LogP contribution is 2.28. The molecule has 0 aromatic heterocycles. The molecule has 1 aliphatic carbocycles. The third kappa shape index (κ3) is 5.48. The van der Waals surface area contributed by atoms with Crippen molar-refractivity contribution in [1.29, 1.82) is 0 Å². The van der Waals surface area contributed by atoms with Gasteiger partial charge in [0.1, 0.15) is 5.41 Å². The zero-order valence-corrected chi connectivity index (χ0v) is 16.1. The van der Waals surface area contributed by atoms with Crippen molar-refractivity contribution in [1.82, 2.24) is 5.32 Å². The highest BCUT2D eigenvalue weighted by Gasteiger charge is 2.36. The number of hydrogen-bond acceptors (Lipinski definition) is 2. The lowest BCUT2D eigenvalue weighted by atomic mass is 9.90. The molecule has 0 saturated heterocycles. The molecule has 0 atom stereocenters. The first-order valence-electron chi connectivity index (χ1n) is 8.53. The Bertz CT molecular complexity index is 684. The SMILES string of the molecule is CC(C)(C(=O)NCCC1=CCCCC1)C(=O)Nc1cc(Cl)ccc1Cl. The van der Waals surface area contributed by atoms with Crippen LogP contribution in [0.25, 0.3) is 0 Å². The molecule has 1 aromatic rings. The normalized spacial score (nSPS) is 14.6. The van der Waals surface area contributed by atoms with Crippen LogP contribution >= 0.6 is 23.2 Å². The molecule has 0 unspecified atom stereocenters. The molecular weight excluding hydrogens is 359 g/mol. The maximum absolute atomic E-state index is 12.5. The molecule has 136 valence electrons. The van der Waals surface area contributed by atoms with Gasteiger partial charge in [-0.2, -0.15) is 0 Å². The highest BCUT2D eigenvalue weighted by atomic mass is 35.5. The van der Waals surface area contributed by atoms with Crippen LogP contribution in [0, 0.1) is 5.41 Å². The molecule has 0 spiro atoms. The van der Waals surface area contributed by atoms with E-state index in [9.17, 15) is 9.59 Å². The van der Waals surface area contributed by atoms with Gasteiger partial charge < -0.3 is 10.6 Å². The second-order valence-corrected chi connectivity index (χ2v) is 7.66. The number of nitrogens with one attached hydrogen (secondary N) is 2. The zero-order valence-electron chi connectivity index (χ0n) is 14.6. The Morgan fingerprint density at radius 3 is 2.60 bits per heavy atom. The van der Waals surface area contributed by atoms with Crippen molar-refractivity contribution >= 4 is 40.7 Å². The van der Waals surface area contributed by atoms with Crippen LogP contribution in [0.3, 0.4) is 0 Å². The second-order valence-electron chi connectivity index (χ2n) is 6.82. The van der Waals surface area contributed by atoms with Crippen molar-refractivity contribution in [3.63, 3.8) is 0 Å². The number of allylic oxidation sites excluding steroid dienone is 1. The first kappa shape index (κ1) is 19.8. The number of amides is 2. The van der Waals surface area contributed by atoms with E-state index in [1.807, 2.05) is 0 Å². The number of carbonyl (C=O) groups is 2. The van der Waals surface area contributed by atoms with Crippen LogP contribution in [0.1, 0.15) is 46.0 Å². The fourth-order valence-electron chi connectivity index (χ4n) is 2.66. The van der Waals surface area contributed by atoms with Gasteiger partial charge in [0.15, 0.2) is 0 Å². The number of hydrogen-bond donors (Lipinski definition) is 2. The first-order chi connectivity index (χ1) is 11.8. The average Bonchev–Trinajstić information content (AvgIpc) is 2.58. The summed E-state index contributed by atoms with van der Waals surface area (Å²) in [5, 5.41) is 6.38. The van der Waals surface area contributed by atoms with E-state index in [4.69, 9.17) is 23.2 Å². The zero-order chi connectivity index (χ0) is 18.4. The monoisotopic (exact) mass is 382 g/mol. The molecule has 2 amide bonds. The summed E-state index contributed by atoms with van der Waals surface area (Å²) < 4.78 is 0. The summed E-state index contributed by atoms with van der Waals surface area (Å²) >= 11 is 12.0. The van der Waals surface area contributed by atoms with E-state index in [0.29, 0.717) is 22.3 Å². The molecule has 0 heterocycles. The van der Waals surface area contributed by atoms with Crippen molar-refractivity contribution in [2.45, 2.75) is 46.0 Å². The summed E-state index contributed by atoms with van der Waals surface area (Å²) in [4.78, 5) is 25.0. The minimum atomic E-state index is -1.22. The molecule has 0 aliphatic heterocycles. The maximum Gasteiger partial charge on any atom is 0.239 e. The van der Waals surface area contributed by atoms with Gasteiger partial charge in [0.25, 0.3) is 0 Å². The molecule has 4 nitrogen and oxygen atoms in total. The van der Waals surface area contributed by atoms with Crippen molar-refractivity contribution in [3.8, 4) is 0 Å². The number of rotatable bonds is 6. The van der Waals surface area contributed by atoms with Gasteiger partial charge >= 0.3 is 0 Å². The van der Waals surface area contributed by atoms with Gasteiger partial charge in [-0.15, -0.1) is 0 Å². The van der Waals surface area contributed by atoms with E-state index in [2.05, 4.69) is 16.7 Å². The van der Waals surface area contributed by atoms with Gasteiger partial charge in [0, 0.05) is 11.6 Å². The van der Waals surface area contributed by atoms with E-state index in [0.717, 1.165) is 19.3 Å². The van der Waals surface area contributed by atoms with Crippen LogP contribution in [-0.2, 0) is 9.59 Å². The first-order valence-corrected chi connectivity index (χ1v) is 9.29. The number of halogens is 2. The fourth-order valence-corrected chi connectivity index (χ4v) is 3.00. The lowest BCUT2D eigenvalue weighted by Gasteiger charge is -2.23. The molecule has 0 fully saturated rings. The van der Waals surface area contributed by atoms with E-state index < -0.39 is 11.3 Å². The van der Waals surface area contributed by atoms with Crippen molar-refractivity contribution < 1.29 is 9.59 Å². The average molecular weight is 383 g/mol. The van der Waals surface area contributed by atoms with Gasteiger partial charge in [-0.05, 0) is 64.2 Å². The van der Waals surface area contributed by atoms with Gasteiger partial charge in [0.2, 0.25) is 11.8 Å². The summed E-state index contributed by atoms with van der Waals surface area (Å²) in [5.41, 5.74) is 0.569. The molecule has 2 N–H and O–H groups in total. The van der Waals surface area contributed by atoms with Gasteiger partial charge in [-0.1, -0.05) is 34.9 Å². The molecule has 1 aromatic carbocycles. The van der Waals surface area contributed by atoms with Crippen molar-refractivity contribution in [3.05, 3.63) is 39.9 Å². The Labute approximate surface area is 159 Å². The van der Waals surface area contributed by atoms with Crippen LogP contribution in [-0.4, -0.2) is 18.4 Å². The molecule has 0 bridgehead atoms. The third-order valence-corrected chi connectivity index (χ3v) is 4.99. The molecule has 1 aliphatic rings. The lowest BCUT2D eigenvalue weighted by Crippen LogP contribution is -2.45.